The number of nitrogens with one attached hydrogen (secondary N) is 1. The second-order valence-electron chi connectivity index (χ2n) is 6.84. The molecule has 0 spiro atoms. The standard InChI is InChI=1S/C18H26N2/c1-14(2)10-11-20-13-18(3,16-8-9-16)19-12-15-6-4-5-7-17(15)20/h4-7,10,16,19H,8-9,11-13H2,1-3H3. The highest BCUT2D eigenvalue weighted by Gasteiger charge is 2.43. The van der Waals surface area contributed by atoms with E-state index in [0.717, 1.165) is 25.6 Å². The first-order chi connectivity index (χ1) is 9.58. The minimum atomic E-state index is 0.258. The van der Waals surface area contributed by atoms with Gasteiger partial charge in [0.25, 0.3) is 0 Å². The number of hydrogen-bond acceptors (Lipinski definition) is 2. The number of allylic oxidation sites excluding steroid dienone is 1. The lowest BCUT2D eigenvalue weighted by Crippen LogP contribution is -2.51. The molecule has 1 atom stereocenters. The molecular formula is C18H26N2. The van der Waals surface area contributed by atoms with E-state index >= 15 is 0 Å². The first-order valence-electron chi connectivity index (χ1n) is 7.80. The van der Waals surface area contributed by atoms with Gasteiger partial charge in [-0.1, -0.05) is 29.8 Å². The third-order valence-electron chi connectivity index (χ3n) is 4.73. The molecule has 1 saturated carbocycles. The molecular weight excluding hydrogens is 244 g/mol. The molecule has 0 radical (unpaired) electrons. The van der Waals surface area contributed by atoms with Crippen LogP contribution in [0.2, 0.25) is 0 Å². The maximum atomic E-state index is 3.83. The molecule has 20 heavy (non-hydrogen) atoms. The summed E-state index contributed by atoms with van der Waals surface area (Å²) in [5.74, 6) is 0.853. The zero-order valence-corrected chi connectivity index (χ0v) is 12.9. The monoisotopic (exact) mass is 270 g/mol. The van der Waals surface area contributed by atoms with Crippen molar-refractivity contribution in [2.45, 2.75) is 45.7 Å². The number of fused-ring (bicyclic) bond motifs is 1. The summed E-state index contributed by atoms with van der Waals surface area (Å²) in [6.45, 7) is 9.90. The summed E-state index contributed by atoms with van der Waals surface area (Å²) in [5, 5.41) is 3.83. The lowest BCUT2D eigenvalue weighted by atomic mass is 9.95. The van der Waals surface area contributed by atoms with Crippen molar-refractivity contribution in [3.8, 4) is 0 Å². The van der Waals surface area contributed by atoms with Crippen LogP contribution >= 0.6 is 0 Å². The van der Waals surface area contributed by atoms with E-state index in [1.54, 1.807) is 0 Å². The number of para-hydroxylation sites is 1. The maximum absolute atomic E-state index is 3.83. The van der Waals surface area contributed by atoms with Gasteiger partial charge in [-0.2, -0.15) is 0 Å². The predicted octanol–water partition coefficient (Wildman–Crippen LogP) is 3.73. The van der Waals surface area contributed by atoms with Gasteiger partial charge in [0.15, 0.2) is 0 Å². The molecule has 1 aromatic carbocycles. The van der Waals surface area contributed by atoms with Crippen LogP contribution in [0.4, 0.5) is 5.69 Å². The predicted molar refractivity (Wildman–Crippen MR) is 86.1 cm³/mol. The van der Waals surface area contributed by atoms with Crippen molar-refractivity contribution in [3.05, 3.63) is 41.5 Å². The Morgan fingerprint density at radius 1 is 1.35 bits per heavy atom. The van der Waals surface area contributed by atoms with Crippen molar-refractivity contribution in [2.24, 2.45) is 5.92 Å². The van der Waals surface area contributed by atoms with Gasteiger partial charge < -0.3 is 10.2 Å². The van der Waals surface area contributed by atoms with E-state index in [-0.39, 0.29) is 5.54 Å². The molecule has 0 saturated heterocycles. The summed E-state index contributed by atoms with van der Waals surface area (Å²) in [5.41, 5.74) is 4.49. The van der Waals surface area contributed by atoms with Gasteiger partial charge in [-0.3, -0.25) is 0 Å². The van der Waals surface area contributed by atoms with Crippen molar-refractivity contribution in [1.82, 2.24) is 5.32 Å². The molecule has 1 N–H and O–H groups in total. The third-order valence-corrected chi connectivity index (χ3v) is 4.73. The van der Waals surface area contributed by atoms with E-state index in [4.69, 9.17) is 0 Å². The fourth-order valence-corrected chi connectivity index (χ4v) is 3.25. The largest absolute Gasteiger partial charge is 0.366 e. The first-order valence-corrected chi connectivity index (χ1v) is 7.80. The summed E-state index contributed by atoms with van der Waals surface area (Å²) < 4.78 is 0. The van der Waals surface area contributed by atoms with Crippen LogP contribution < -0.4 is 10.2 Å². The summed E-state index contributed by atoms with van der Waals surface area (Å²) >= 11 is 0. The molecule has 1 fully saturated rings. The fraction of sp³-hybridized carbons (Fsp3) is 0.556. The topological polar surface area (TPSA) is 15.3 Å². The van der Waals surface area contributed by atoms with Crippen molar-refractivity contribution >= 4 is 5.69 Å². The summed E-state index contributed by atoms with van der Waals surface area (Å²) in [6, 6.07) is 8.85. The molecule has 0 amide bonds. The molecule has 1 aliphatic heterocycles. The molecule has 1 unspecified atom stereocenters. The average molecular weight is 270 g/mol. The normalized spacial score (nSPS) is 25.9. The molecule has 0 aromatic heterocycles. The van der Waals surface area contributed by atoms with E-state index in [2.05, 4.69) is 61.3 Å². The highest BCUT2D eigenvalue weighted by Crippen LogP contribution is 2.42. The summed E-state index contributed by atoms with van der Waals surface area (Å²) in [4.78, 5) is 2.56. The van der Waals surface area contributed by atoms with Crippen LogP contribution in [0.3, 0.4) is 0 Å². The summed E-state index contributed by atoms with van der Waals surface area (Å²) in [7, 11) is 0. The molecule has 2 heteroatoms. The average Bonchev–Trinajstić information content (AvgIpc) is 3.25. The number of rotatable bonds is 3. The number of benzene rings is 1. The number of hydrogen-bond donors (Lipinski definition) is 1. The molecule has 1 aromatic rings. The maximum Gasteiger partial charge on any atom is 0.0415 e. The van der Waals surface area contributed by atoms with E-state index in [1.807, 2.05) is 0 Å². The zero-order chi connectivity index (χ0) is 14.2. The lowest BCUT2D eigenvalue weighted by Gasteiger charge is -2.35. The second-order valence-corrected chi connectivity index (χ2v) is 6.84. The van der Waals surface area contributed by atoms with Gasteiger partial charge in [0.2, 0.25) is 0 Å². The van der Waals surface area contributed by atoms with E-state index in [9.17, 15) is 0 Å². The van der Waals surface area contributed by atoms with Crippen LogP contribution in [0.25, 0.3) is 0 Å². The molecule has 2 nitrogen and oxygen atoms in total. The Labute approximate surface area is 122 Å². The molecule has 1 aliphatic carbocycles. The Kier molecular flexibility index (Phi) is 3.59. The lowest BCUT2D eigenvalue weighted by molar-refractivity contribution is 0.318. The van der Waals surface area contributed by atoms with Gasteiger partial charge >= 0.3 is 0 Å². The van der Waals surface area contributed by atoms with Crippen LogP contribution in [0.15, 0.2) is 35.9 Å². The molecule has 2 aliphatic rings. The van der Waals surface area contributed by atoms with Crippen LogP contribution in [0, 0.1) is 5.92 Å². The van der Waals surface area contributed by atoms with E-state index in [1.165, 1.54) is 29.7 Å². The third kappa shape index (κ3) is 2.76. The van der Waals surface area contributed by atoms with Gasteiger partial charge in [0.1, 0.15) is 0 Å². The molecule has 3 rings (SSSR count). The van der Waals surface area contributed by atoms with E-state index in [0.29, 0.717) is 0 Å². The Balaban J connectivity index is 1.91. The van der Waals surface area contributed by atoms with Gasteiger partial charge in [0.05, 0.1) is 0 Å². The Morgan fingerprint density at radius 3 is 2.80 bits per heavy atom. The number of anilines is 1. The number of nitrogens with zero attached hydrogens (tertiary/aromatic N) is 1. The Hall–Kier alpha value is -1.28. The van der Waals surface area contributed by atoms with Gasteiger partial charge in [-0.15, -0.1) is 0 Å². The summed E-state index contributed by atoms with van der Waals surface area (Å²) in [6.07, 6.45) is 5.11. The van der Waals surface area contributed by atoms with E-state index < -0.39 is 0 Å². The second kappa shape index (κ2) is 5.25. The highest BCUT2D eigenvalue weighted by molar-refractivity contribution is 5.55. The quantitative estimate of drug-likeness (QED) is 0.842. The van der Waals surface area contributed by atoms with Crippen LogP contribution in [0.5, 0.6) is 0 Å². The minimum absolute atomic E-state index is 0.258. The van der Waals surface area contributed by atoms with Crippen LogP contribution in [-0.2, 0) is 6.54 Å². The minimum Gasteiger partial charge on any atom is -0.366 e. The Bertz CT molecular complexity index is 512. The smallest absolute Gasteiger partial charge is 0.0415 e. The van der Waals surface area contributed by atoms with Gasteiger partial charge in [-0.25, -0.2) is 0 Å². The van der Waals surface area contributed by atoms with Crippen LogP contribution in [0.1, 0.15) is 39.2 Å². The molecule has 108 valence electrons. The van der Waals surface area contributed by atoms with Crippen molar-refractivity contribution in [2.75, 3.05) is 18.0 Å². The zero-order valence-electron chi connectivity index (χ0n) is 12.9. The first kappa shape index (κ1) is 13.7. The Morgan fingerprint density at radius 2 is 2.10 bits per heavy atom. The van der Waals surface area contributed by atoms with Crippen LogP contribution in [-0.4, -0.2) is 18.6 Å². The SMILES string of the molecule is CC(C)=CCN1CC(C)(C2CC2)NCc2ccccc21. The van der Waals surface area contributed by atoms with Gasteiger partial charge in [0, 0.05) is 30.9 Å². The molecule has 0 bridgehead atoms. The van der Waals surface area contributed by atoms with Gasteiger partial charge in [-0.05, 0) is 51.2 Å². The fourth-order valence-electron chi connectivity index (χ4n) is 3.25. The molecule has 1 heterocycles. The highest BCUT2D eigenvalue weighted by atomic mass is 15.2. The van der Waals surface area contributed by atoms with Crippen molar-refractivity contribution in [1.29, 1.82) is 0 Å². The van der Waals surface area contributed by atoms with Crippen molar-refractivity contribution < 1.29 is 0 Å². The van der Waals surface area contributed by atoms with Crippen molar-refractivity contribution in [3.63, 3.8) is 0 Å².